The molecule has 3 fully saturated rings. The number of phenolic OH excluding ortho intramolecular Hbond substituents is 1. The van der Waals surface area contributed by atoms with Crippen LogP contribution in [0.1, 0.15) is 18.6 Å². The van der Waals surface area contributed by atoms with Gasteiger partial charge in [0.05, 0.1) is 19.8 Å². The molecule has 2 bridgehead atoms. The number of hydrogen-bond donors (Lipinski definition) is 3. The Hall–Kier alpha value is -1.18. The molecular weight excluding hydrogens is 262 g/mol. The van der Waals surface area contributed by atoms with Crippen LogP contribution in [0.25, 0.3) is 0 Å². The minimum absolute atomic E-state index is 0.127. The Kier molecular flexibility index (Phi) is 3.23. The Labute approximate surface area is 117 Å². The number of nitrogens with two attached hydrogens (primary N) is 1. The molecule has 3 aliphatic heterocycles. The summed E-state index contributed by atoms with van der Waals surface area (Å²) in [5, 5.41) is 19.6. The topological polar surface area (TPSA) is 94.2 Å². The summed E-state index contributed by atoms with van der Waals surface area (Å²) in [4.78, 5) is 0. The molecular formula is C14H19NO5. The third-order valence-corrected chi connectivity index (χ3v) is 3.85. The fraction of sp³-hybridized carbons (Fsp3) is 0.571. The van der Waals surface area contributed by atoms with Crippen molar-refractivity contribution in [2.75, 3.05) is 19.8 Å². The highest BCUT2D eigenvalue weighted by Gasteiger charge is 2.55. The number of aromatic hydroxyl groups is 1. The maximum atomic E-state index is 10.4. The molecule has 4 N–H and O–H groups in total. The summed E-state index contributed by atoms with van der Waals surface area (Å²) in [6.45, 7) is 3.48. The van der Waals surface area contributed by atoms with Gasteiger partial charge in [-0.3, -0.25) is 0 Å². The van der Waals surface area contributed by atoms with Crippen LogP contribution in [0, 0.1) is 5.41 Å². The third kappa shape index (κ3) is 2.19. The summed E-state index contributed by atoms with van der Waals surface area (Å²) in [6.07, 6.45) is -1.02. The van der Waals surface area contributed by atoms with Crippen molar-refractivity contribution in [2.24, 2.45) is 11.1 Å². The van der Waals surface area contributed by atoms with Gasteiger partial charge in [0.15, 0.2) is 0 Å². The van der Waals surface area contributed by atoms with Crippen LogP contribution in [0.2, 0.25) is 0 Å². The fourth-order valence-electron chi connectivity index (χ4n) is 2.44. The van der Waals surface area contributed by atoms with Crippen LogP contribution in [0.15, 0.2) is 24.3 Å². The average Bonchev–Trinajstić information content (AvgIpc) is 2.48. The molecule has 0 unspecified atom stereocenters. The number of rotatable bonds is 3. The Bertz CT molecular complexity index is 464. The zero-order chi connectivity index (χ0) is 14.4. The smallest absolute Gasteiger partial charge is 0.302 e. The first-order chi connectivity index (χ1) is 9.44. The largest absolute Gasteiger partial charge is 0.508 e. The summed E-state index contributed by atoms with van der Waals surface area (Å²) in [7, 11) is 0. The quantitative estimate of drug-likeness (QED) is 0.746. The van der Waals surface area contributed by atoms with E-state index >= 15 is 0 Å². The van der Waals surface area contributed by atoms with Gasteiger partial charge in [-0.05, 0) is 17.7 Å². The number of aliphatic hydroxyl groups is 1. The molecule has 110 valence electrons. The van der Waals surface area contributed by atoms with Crippen LogP contribution in [0.3, 0.4) is 0 Å². The fourth-order valence-corrected chi connectivity index (χ4v) is 2.44. The molecule has 0 amide bonds. The molecule has 6 nitrogen and oxygen atoms in total. The first-order valence-electron chi connectivity index (χ1n) is 6.59. The zero-order valence-electron chi connectivity index (χ0n) is 11.3. The van der Waals surface area contributed by atoms with Gasteiger partial charge in [-0.15, -0.1) is 0 Å². The Balaban J connectivity index is 1.78. The molecule has 0 spiro atoms. The Morgan fingerprint density at radius 2 is 1.60 bits per heavy atom. The molecule has 3 saturated heterocycles. The lowest BCUT2D eigenvalue weighted by Crippen LogP contribution is -2.67. The normalized spacial score (nSPS) is 35.8. The maximum absolute atomic E-state index is 10.4. The predicted octanol–water partition coefficient (Wildman–Crippen LogP) is 0.490. The molecule has 3 aliphatic rings. The molecule has 6 heteroatoms. The lowest BCUT2D eigenvalue weighted by Gasteiger charge is -2.52. The highest BCUT2D eigenvalue weighted by atomic mass is 16.9. The second kappa shape index (κ2) is 4.68. The lowest BCUT2D eigenvalue weighted by molar-refractivity contribution is -0.476. The first-order valence-corrected chi connectivity index (χ1v) is 6.59. The van der Waals surface area contributed by atoms with Gasteiger partial charge in [0.25, 0.3) is 0 Å². The van der Waals surface area contributed by atoms with E-state index in [0.29, 0.717) is 25.4 Å². The molecule has 1 aromatic carbocycles. The van der Waals surface area contributed by atoms with Crippen molar-refractivity contribution in [3.63, 3.8) is 0 Å². The lowest BCUT2D eigenvalue weighted by atomic mass is 9.90. The second-order valence-corrected chi connectivity index (χ2v) is 5.84. The van der Waals surface area contributed by atoms with Gasteiger partial charge in [0, 0.05) is 5.41 Å². The molecule has 4 rings (SSSR count). The zero-order valence-corrected chi connectivity index (χ0v) is 11.3. The summed E-state index contributed by atoms with van der Waals surface area (Å²) in [6, 6.07) is 5.31. The van der Waals surface area contributed by atoms with E-state index in [4.69, 9.17) is 19.9 Å². The number of fused-ring (bicyclic) bond motifs is 3. The van der Waals surface area contributed by atoms with E-state index in [0.717, 1.165) is 0 Å². The van der Waals surface area contributed by atoms with Gasteiger partial charge in [-0.25, -0.2) is 0 Å². The second-order valence-electron chi connectivity index (χ2n) is 5.84. The molecule has 20 heavy (non-hydrogen) atoms. The molecule has 0 radical (unpaired) electrons. The van der Waals surface area contributed by atoms with Crippen molar-refractivity contribution in [3.8, 4) is 5.75 Å². The molecule has 2 atom stereocenters. The maximum Gasteiger partial charge on any atom is 0.302 e. The Morgan fingerprint density at radius 3 is 2.10 bits per heavy atom. The number of ether oxygens (including phenoxy) is 3. The summed E-state index contributed by atoms with van der Waals surface area (Å²) < 4.78 is 16.9. The monoisotopic (exact) mass is 281 g/mol. The van der Waals surface area contributed by atoms with Gasteiger partial charge in [0.1, 0.15) is 17.9 Å². The van der Waals surface area contributed by atoms with E-state index in [2.05, 4.69) is 0 Å². The van der Waals surface area contributed by atoms with E-state index in [1.807, 2.05) is 6.92 Å². The van der Waals surface area contributed by atoms with E-state index in [9.17, 15) is 10.2 Å². The highest BCUT2D eigenvalue weighted by Crippen LogP contribution is 2.41. The Morgan fingerprint density at radius 1 is 1.10 bits per heavy atom. The van der Waals surface area contributed by atoms with Crippen molar-refractivity contribution in [2.45, 2.75) is 25.0 Å². The van der Waals surface area contributed by atoms with Crippen LogP contribution < -0.4 is 5.73 Å². The molecule has 3 heterocycles. The van der Waals surface area contributed by atoms with Gasteiger partial charge in [0.2, 0.25) is 0 Å². The van der Waals surface area contributed by atoms with Crippen LogP contribution >= 0.6 is 0 Å². The first kappa shape index (κ1) is 13.8. The van der Waals surface area contributed by atoms with Crippen molar-refractivity contribution in [3.05, 3.63) is 29.8 Å². The number of benzene rings is 1. The van der Waals surface area contributed by atoms with Crippen molar-refractivity contribution >= 4 is 0 Å². The van der Waals surface area contributed by atoms with E-state index in [1.54, 1.807) is 12.1 Å². The molecule has 0 aromatic heterocycles. The summed E-state index contributed by atoms with van der Waals surface area (Å²) >= 11 is 0. The van der Waals surface area contributed by atoms with E-state index < -0.39 is 18.1 Å². The van der Waals surface area contributed by atoms with Gasteiger partial charge < -0.3 is 30.2 Å². The highest BCUT2D eigenvalue weighted by molar-refractivity contribution is 5.28. The molecule has 1 aromatic rings. The van der Waals surface area contributed by atoms with Gasteiger partial charge in [-0.2, -0.15) is 0 Å². The van der Waals surface area contributed by atoms with E-state index in [1.165, 1.54) is 12.1 Å². The molecule has 0 aliphatic carbocycles. The van der Waals surface area contributed by atoms with Crippen LogP contribution in [0.4, 0.5) is 0 Å². The SMILES string of the molecule is CC12COC([C@@H](N)[C@H](O)c3ccc(O)cc3)(OC1)OC2. The van der Waals surface area contributed by atoms with Crippen LogP contribution in [-0.4, -0.2) is 42.0 Å². The minimum atomic E-state index is -1.39. The number of hydrogen-bond acceptors (Lipinski definition) is 6. The van der Waals surface area contributed by atoms with E-state index in [-0.39, 0.29) is 11.2 Å². The summed E-state index contributed by atoms with van der Waals surface area (Å²) in [5.74, 6) is -1.27. The number of phenols is 1. The predicted molar refractivity (Wildman–Crippen MR) is 69.7 cm³/mol. The van der Waals surface area contributed by atoms with Gasteiger partial charge in [-0.1, -0.05) is 19.1 Å². The van der Waals surface area contributed by atoms with Crippen LogP contribution in [0.5, 0.6) is 5.75 Å². The summed E-state index contributed by atoms with van der Waals surface area (Å²) in [5.41, 5.74) is 6.51. The average molecular weight is 281 g/mol. The van der Waals surface area contributed by atoms with Crippen molar-refractivity contribution < 1.29 is 24.4 Å². The third-order valence-electron chi connectivity index (χ3n) is 3.85. The standard InChI is InChI=1S/C14H19NO5/c1-13-6-18-14(19-7-13,20-8-13)12(15)11(17)9-2-4-10(16)5-3-9/h2-5,11-12,16-17H,6-8,15H2,1H3/t11-,12+,13?,14?/m1/s1. The van der Waals surface area contributed by atoms with Gasteiger partial charge >= 0.3 is 5.97 Å². The molecule has 0 saturated carbocycles. The van der Waals surface area contributed by atoms with Crippen molar-refractivity contribution in [1.29, 1.82) is 0 Å². The van der Waals surface area contributed by atoms with Crippen molar-refractivity contribution in [1.82, 2.24) is 0 Å². The van der Waals surface area contributed by atoms with Crippen LogP contribution in [-0.2, 0) is 14.2 Å². The minimum Gasteiger partial charge on any atom is -0.508 e. The number of aliphatic hydroxyl groups excluding tert-OH is 1.